The summed E-state index contributed by atoms with van der Waals surface area (Å²) in [7, 11) is 0. The Labute approximate surface area is 109 Å². The van der Waals surface area contributed by atoms with E-state index in [-0.39, 0.29) is 0 Å². The molecule has 2 aromatic heterocycles. The van der Waals surface area contributed by atoms with Crippen LogP contribution in [0, 0.1) is 6.92 Å². The van der Waals surface area contributed by atoms with Crippen LogP contribution in [-0.4, -0.2) is 20.1 Å². The van der Waals surface area contributed by atoms with E-state index in [1.165, 1.54) is 0 Å². The van der Waals surface area contributed by atoms with Crippen LogP contribution < -0.4 is 16.6 Å². The third kappa shape index (κ3) is 2.79. The number of aryl methyl sites for hydroxylation is 1. The van der Waals surface area contributed by atoms with E-state index in [4.69, 9.17) is 10.4 Å². The highest BCUT2D eigenvalue weighted by Gasteiger charge is 2.27. The maximum Gasteiger partial charge on any atom is 0.245 e. The molecule has 19 heavy (non-hydrogen) atoms. The van der Waals surface area contributed by atoms with E-state index in [1.807, 2.05) is 0 Å². The van der Waals surface area contributed by atoms with Crippen molar-refractivity contribution in [1.29, 1.82) is 0 Å². The molecule has 0 bridgehead atoms. The van der Waals surface area contributed by atoms with E-state index < -0.39 is 0 Å². The fourth-order valence-corrected chi connectivity index (χ4v) is 1.73. The van der Waals surface area contributed by atoms with Crippen molar-refractivity contribution in [1.82, 2.24) is 20.1 Å². The van der Waals surface area contributed by atoms with Crippen LogP contribution in [0.3, 0.4) is 0 Å². The van der Waals surface area contributed by atoms with E-state index >= 15 is 0 Å². The normalized spacial score (nSPS) is 14.4. The van der Waals surface area contributed by atoms with Gasteiger partial charge in [0.25, 0.3) is 0 Å². The second-order valence-electron chi connectivity index (χ2n) is 4.50. The van der Waals surface area contributed by atoms with Crippen LogP contribution in [0.5, 0.6) is 0 Å². The van der Waals surface area contributed by atoms with Crippen LogP contribution in [0.15, 0.2) is 10.6 Å². The summed E-state index contributed by atoms with van der Waals surface area (Å²) >= 11 is 0. The molecule has 8 heteroatoms. The van der Waals surface area contributed by atoms with Gasteiger partial charge in [0.1, 0.15) is 17.5 Å². The van der Waals surface area contributed by atoms with E-state index in [1.54, 1.807) is 13.0 Å². The minimum atomic E-state index is 0.423. The van der Waals surface area contributed by atoms with Gasteiger partial charge in [0.2, 0.25) is 5.89 Å². The molecule has 0 amide bonds. The molecule has 0 aliphatic heterocycles. The summed E-state index contributed by atoms with van der Waals surface area (Å²) in [6.45, 7) is 2.20. The molecule has 100 valence electrons. The highest BCUT2D eigenvalue weighted by atomic mass is 16.5. The van der Waals surface area contributed by atoms with Gasteiger partial charge in [-0.2, -0.15) is 4.98 Å². The molecule has 2 heterocycles. The van der Waals surface area contributed by atoms with Gasteiger partial charge in [-0.25, -0.2) is 15.8 Å². The smallest absolute Gasteiger partial charge is 0.245 e. The molecule has 3 rings (SSSR count). The van der Waals surface area contributed by atoms with Gasteiger partial charge >= 0.3 is 0 Å². The Balaban J connectivity index is 1.74. The number of anilines is 2. The Bertz CT molecular complexity index is 578. The number of rotatable bonds is 5. The van der Waals surface area contributed by atoms with Crippen LogP contribution in [0.4, 0.5) is 11.6 Å². The van der Waals surface area contributed by atoms with Crippen molar-refractivity contribution >= 4 is 11.6 Å². The lowest BCUT2D eigenvalue weighted by Gasteiger charge is -2.07. The summed E-state index contributed by atoms with van der Waals surface area (Å²) in [5, 5.41) is 6.86. The number of hydrogen-bond acceptors (Lipinski definition) is 8. The SMILES string of the molecule is Cc1noc(CNc2cc(NN)nc(C3CC3)n2)n1. The lowest BCUT2D eigenvalue weighted by Crippen LogP contribution is -2.12. The van der Waals surface area contributed by atoms with Gasteiger partial charge in [0.15, 0.2) is 5.82 Å². The number of nitrogens with two attached hydrogens (primary N) is 1. The molecule has 0 aromatic carbocycles. The van der Waals surface area contributed by atoms with Gasteiger partial charge in [-0.1, -0.05) is 5.16 Å². The van der Waals surface area contributed by atoms with Crippen molar-refractivity contribution in [2.24, 2.45) is 5.84 Å². The number of nitrogen functional groups attached to an aromatic ring is 1. The van der Waals surface area contributed by atoms with E-state index in [0.29, 0.717) is 35.8 Å². The first-order chi connectivity index (χ1) is 9.24. The van der Waals surface area contributed by atoms with Crippen molar-refractivity contribution in [3.05, 3.63) is 23.6 Å². The minimum absolute atomic E-state index is 0.423. The monoisotopic (exact) mass is 261 g/mol. The van der Waals surface area contributed by atoms with Crippen molar-refractivity contribution in [2.45, 2.75) is 32.2 Å². The lowest BCUT2D eigenvalue weighted by atomic mass is 10.3. The number of aromatic nitrogens is 4. The first-order valence-corrected chi connectivity index (χ1v) is 6.13. The summed E-state index contributed by atoms with van der Waals surface area (Å²) in [5.41, 5.74) is 2.55. The molecule has 1 fully saturated rings. The predicted molar refractivity (Wildman–Crippen MR) is 68.2 cm³/mol. The molecule has 0 spiro atoms. The first kappa shape index (κ1) is 11.8. The predicted octanol–water partition coefficient (Wildman–Crippen LogP) is 0.943. The number of hydrogen-bond donors (Lipinski definition) is 3. The third-order valence-corrected chi connectivity index (χ3v) is 2.82. The van der Waals surface area contributed by atoms with Crippen molar-refractivity contribution < 1.29 is 4.52 Å². The second kappa shape index (κ2) is 4.81. The molecular weight excluding hydrogens is 246 g/mol. The summed E-state index contributed by atoms with van der Waals surface area (Å²) in [6, 6.07) is 1.75. The van der Waals surface area contributed by atoms with Crippen LogP contribution >= 0.6 is 0 Å². The zero-order valence-electron chi connectivity index (χ0n) is 10.6. The van der Waals surface area contributed by atoms with Crippen LogP contribution in [0.1, 0.15) is 36.3 Å². The molecule has 0 radical (unpaired) electrons. The summed E-state index contributed by atoms with van der Waals surface area (Å²) in [4.78, 5) is 12.9. The molecule has 2 aromatic rings. The summed E-state index contributed by atoms with van der Waals surface area (Å²) < 4.78 is 5.03. The Hall–Kier alpha value is -2.22. The van der Waals surface area contributed by atoms with Gasteiger partial charge in [-0.3, -0.25) is 0 Å². The van der Waals surface area contributed by atoms with Crippen LogP contribution in [0.2, 0.25) is 0 Å². The standard InChI is InChI=1S/C11H15N7O/c1-6-14-10(19-18-6)5-13-8-4-9(17-12)16-11(15-8)7-2-3-7/h4,7H,2-3,5,12H2,1H3,(H2,13,15,16,17). The van der Waals surface area contributed by atoms with Gasteiger partial charge in [-0.15, -0.1) is 0 Å². The molecule has 0 saturated heterocycles. The molecule has 1 aliphatic carbocycles. The zero-order valence-corrected chi connectivity index (χ0v) is 10.6. The number of nitrogens with one attached hydrogen (secondary N) is 2. The lowest BCUT2D eigenvalue weighted by molar-refractivity contribution is 0.379. The molecule has 1 saturated carbocycles. The van der Waals surface area contributed by atoms with Gasteiger partial charge in [-0.05, 0) is 19.8 Å². The fraction of sp³-hybridized carbons (Fsp3) is 0.455. The summed E-state index contributed by atoms with van der Waals surface area (Å²) in [6.07, 6.45) is 2.27. The van der Waals surface area contributed by atoms with E-state index in [2.05, 4.69) is 30.9 Å². The van der Waals surface area contributed by atoms with Crippen LogP contribution in [0.25, 0.3) is 0 Å². The molecule has 0 atom stereocenters. The maximum atomic E-state index is 5.41. The molecule has 1 aliphatic rings. The maximum absolute atomic E-state index is 5.41. The molecule has 4 N–H and O–H groups in total. The topological polar surface area (TPSA) is 115 Å². The highest BCUT2D eigenvalue weighted by molar-refractivity contribution is 5.47. The van der Waals surface area contributed by atoms with Gasteiger partial charge < -0.3 is 15.3 Å². The molecular formula is C11H15N7O. The minimum Gasteiger partial charge on any atom is -0.361 e. The molecule has 0 unspecified atom stereocenters. The zero-order chi connectivity index (χ0) is 13.2. The first-order valence-electron chi connectivity index (χ1n) is 6.13. The van der Waals surface area contributed by atoms with Gasteiger partial charge in [0.05, 0.1) is 6.54 Å². The Morgan fingerprint density at radius 2 is 2.11 bits per heavy atom. The van der Waals surface area contributed by atoms with Crippen molar-refractivity contribution in [3.63, 3.8) is 0 Å². The van der Waals surface area contributed by atoms with E-state index in [0.717, 1.165) is 18.7 Å². The Morgan fingerprint density at radius 3 is 2.74 bits per heavy atom. The number of nitrogens with zero attached hydrogens (tertiary/aromatic N) is 4. The average molecular weight is 261 g/mol. The van der Waals surface area contributed by atoms with Crippen LogP contribution in [-0.2, 0) is 6.54 Å². The Morgan fingerprint density at radius 1 is 1.32 bits per heavy atom. The second-order valence-corrected chi connectivity index (χ2v) is 4.50. The number of hydrazine groups is 1. The quantitative estimate of drug-likeness (QED) is 0.538. The average Bonchev–Trinajstić information content (AvgIpc) is 3.19. The highest BCUT2D eigenvalue weighted by Crippen LogP contribution is 2.38. The Kier molecular flexibility index (Phi) is 3.00. The molecule has 8 nitrogen and oxygen atoms in total. The van der Waals surface area contributed by atoms with Gasteiger partial charge in [0, 0.05) is 12.0 Å². The fourth-order valence-electron chi connectivity index (χ4n) is 1.73. The van der Waals surface area contributed by atoms with Crippen molar-refractivity contribution in [3.8, 4) is 0 Å². The van der Waals surface area contributed by atoms with E-state index in [9.17, 15) is 0 Å². The van der Waals surface area contributed by atoms with Crippen molar-refractivity contribution in [2.75, 3.05) is 10.7 Å². The third-order valence-electron chi connectivity index (χ3n) is 2.82. The summed E-state index contributed by atoms with van der Waals surface area (Å²) in [5.74, 6) is 9.11. The largest absolute Gasteiger partial charge is 0.361 e.